The van der Waals surface area contributed by atoms with Crippen molar-refractivity contribution in [2.75, 3.05) is 13.1 Å². The van der Waals surface area contributed by atoms with Gasteiger partial charge in [0.2, 0.25) is 0 Å². The van der Waals surface area contributed by atoms with E-state index in [1.807, 2.05) is 13.8 Å². The number of halogens is 1. The Kier molecular flexibility index (Phi) is 4.33. The number of rotatable bonds is 3. The first kappa shape index (κ1) is 12.2. The molecule has 1 amide bonds. The van der Waals surface area contributed by atoms with Gasteiger partial charge in [-0.05, 0) is 44.5 Å². The zero-order valence-electron chi connectivity index (χ0n) is 8.96. The minimum atomic E-state index is 0.0213. The van der Waals surface area contributed by atoms with Crippen LogP contribution in [0.2, 0.25) is 0 Å². The van der Waals surface area contributed by atoms with Crippen molar-refractivity contribution in [3.05, 3.63) is 40.7 Å². The Morgan fingerprint density at radius 1 is 1.33 bits per heavy atom. The summed E-state index contributed by atoms with van der Waals surface area (Å²) >= 11 is 3.32. The lowest BCUT2D eigenvalue weighted by molar-refractivity contribution is 0.0773. The Balaban J connectivity index is 3.00. The number of carbonyl (C=O) groups is 1. The number of benzene rings is 1. The van der Waals surface area contributed by atoms with Gasteiger partial charge < -0.3 is 4.90 Å². The maximum absolute atomic E-state index is 12.0. The molecule has 0 aliphatic heterocycles. The lowest BCUT2D eigenvalue weighted by Crippen LogP contribution is -2.30. The number of hydrogen-bond donors (Lipinski definition) is 0. The highest BCUT2D eigenvalue weighted by Gasteiger charge is 2.12. The Labute approximate surface area is 99.4 Å². The van der Waals surface area contributed by atoms with E-state index in [2.05, 4.69) is 15.9 Å². The first-order chi connectivity index (χ1) is 7.08. The Hall–Kier alpha value is -0.830. The molecular weight excluding hydrogens is 254 g/mol. The molecule has 2 radical (unpaired) electrons. The van der Waals surface area contributed by atoms with Crippen molar-refractivity contribution in [1.29, 1.82) is 0 Å². The van der Waals surface area contributed by atoms with E-state index in [9.17, 15) is 4.79 Å². The van der Waals surface area contributed by atoms with Crippen molar-refractivity contribution in [3.63, 3.8) is 0 Å². The van der Waals surface area contributed by atoms with Gasteiger partial charge in [-0.2, -0.15) is 0 Å². The topological polar surface area (TPSA) is 20.3 Å². The summed E-state index contributed by atoms with van der Waals surface area (Å²) in [6.07, 6.45) is 0. The van der Waals surface area contributed by atoms with Gasteiger partial charge in [-0.15, -0.1) is 0 Å². The summed E-state index contributed by atoms with van der Waals surface area (Å²) in [5.41, 5.74) is 1.23. The lowest BCUT2D eigenvalue weighted by Gasteiger charge is -2.18. The van der Waals surface area contributed by atoms with Crippen molar-refractivity contribution in [1.82, 2.24) is 4.90 Å². The summed E-state index contributed by atoms with van der Waals surface area (Å²) in [6.45, 7) is 11.0. The second-order valence-corrected chi connectivity index (χ2v) is 4.17. The molecule has 0 fully saturated rings. The minimum absolute atomic E-state index is 0.0213. The fraction of sp³-hybridized carbons (Fsp3) is 0.333. The van der Waals surface area contributed by atoms with E-state index in [1.165, 1.54) is 0 Å². The molecule has 1 aromatic carbocycles. The Bertz CT molecular complexity index is 338. The van der Waals surface area contributed by atoms with E-state index >= 15 is 0 Å². The average molecular weight is 268 g/mol. The molecule has 0 spiro atoms. The van der Waals surface area contributed by atoms with E-state index in [-0.39, 0.29) is 5.91 Å². The maximum atomic E-state index is 12.0. The monoisotopic (exact) mass is 267 g/mol. The smallest absolute Gasteiger partial charge is 0.253 e. The third-order valence-corrected chi connectivity index (χ3v) is 2.68. The van der Waals surface area contributed by atoms with Crippen LogP contribution in [0.4, 0.5) is 0 Å². The Morgan fingerprint density at radius 2 is 1.93 bits per heavy atom. The molecule has 2 nitrogen and oxygen atoms in total. The van der Waals surface area contributed by atoms with E-state index in [0.29, 0.717) is 24.2 Å². The molecule has 0 aliphatic carbocycles. The lowest BCUT2D eigenvalue weighted by atomic mass is 10.1. The summed E-state index contributed by atoms with van der Waals surface area (Å²) in [6, 6.07) is 5.27. The van der Waals surface area contributed by atoms with Crippen LogP contribution in [0.5, 0.6) is 0 Å². The molecule has 0 saturated carbocycles. The summed E-state index contributed by atoms with van der Waals surface area (Å²) in [7, 11) is 0. The molecule has 80 valence electrons. The second kappa shape index (κ2) is 5.31. The summed E-state index contributed by atoms with van der Waals surface area (Å²) in [5.74, 6) is 0.0213. The van der Waals surface area contributed by atoms with Gasteiger partial charge in [-0.3, -0.25) is 4.79 Å². The van der Waals surface area contributed by atoms with Gasteiger partial charge in [0.15, 0.2) is 0 Å². The first-order valence-electron chi connectivity index (χ1n) is 4.93. The van der Waals surface area contributed by atoms with Crippen LogP contribution in [0.15, 0.2) is 22.7 Å². The zero-order valence-corrected chi connectivity index (χ0v) is 10.5. The van der Waals surface area contributed by atoms with Gasteiger partial charge in [-0.1, -0.05) is 15.9 Å². The number of amides is 1. The standard InChI is InChI=1S/C12H14BrNO/c1-4-14(5-2)12(15)10-6-9(3)7-11(13)8-10/h3,6-8H,4-5H2,1-2H3. The van der Waals surface area contributed by atoms with Crippen LogP contribution in [0.3, 0.4) is 0 Å². The summed E-state index contributed by atoms with van der Waals surface area (Å²) < 4.78 is 0.831. The molecule has 0 bridgehead atoms. The van der Waals surface area contributed by atoms with E-state index < -0.39 is 0 Å². The normalized spacial score (nSPS) is 10.1. The van der Waals surface area contributed by atoms with Gasteiger partial charge in [0.25, 0.3) is 5.91 Å². The highest BCUT2D eigenvalue weighted by atomic mass is 79.9. The zero-order chi connectivity index (χ0) is 11.4. The molecule has 0 atom stereocenters. The average Bonchev–Trinajstić information content (AvgIpc) is 2.18. The van der Waals surface area contributed by atoms with Gasteiger partial charge in [0.1, 0.15) is 0 Å². The molecule has 0 aliphatic rings. The van der Waals surface area contributed by atoms with E-state index in [4.69, 9.17) is 6.92 Å². The Morgan fingerprint density at radius 3 is 2.40 bits per heavy atom. The van der Waals surface area contributed by atoms with Crippen LogP contribution in [-0.2, 0) is 0 Å². The van der Waals surface area contributed by atoms with Crippen molar-refractivity contribution >= 4 is 21.8 Å². The molecule has 3 heteroatoms. The van der Waals surface area contributed by atoms with Crippen molar-refractivity contribution in [2.45, 2.75) is 13.8 Å². The van der Waals surface area contributed by atoms with Gasteiger partial charge in [0.05, 0.1) is 0 Å². The predicted molar refractivity (Wildman–Crippen MR) is 64.8 cm³/mol. The maximum Gasteiger partial charge on any atom is 0.253 e. The van der Waals surface area contributed by atoms with Crippen LogP contribution in [-0.4, -0.2) is 23.9 Å². The van der Waals surface area contributed by atoms with Gasteiger partial charge in [-0.25, -0.2) is 0 Å². The molecule has 15 heavy (non-hydrogen) atoms. The fourth-order valence-electron chi connectivity index (χ4n) is 1.43. The van der Waals surface area contributed by atoms with Crippen LogP contribution >= 0.6 is 15.9 Å². The number of hydrogen-bond acceptors (Lipinski definition) is 1. The number of nitrogens with zero attached hydrogens (tertiary/aromatic N) is 1. The van der Waals surface area contributed by atoms with Crippen molar-refractivity contribution in [2.24, 2.45) is 0 Å². The molecule has 0 unspecified atom stereocenters. The van der Waals surface area contributed by atoms with Crippen LogP contribution in [0.25, 0.3) is 0 Å². The molecule has 0 heterocycles. The molecule has 1 rings (SSSR count). The highest BCUT2D eigenvalue weighted by molar-refractivity contribution is 9.10. The molecule has 0 aromatic heterocycles. The molecule has 1 aromatic rings. The minimum Gasteiger partial charge on any atom is -0.339 e. The van der Waals surface area contributed by atoms with Crippen molar-refractivity contribution < 1.29 is 4.79 Å². The molecule has 0 N–H and O–H groups in total. The largest absolute Gasteiger partial charge is 0.339 e. The third kappa shape index (κ3) is 3.06. The van der Waals surface area contributed by atoms with Crippen molar-refractivity contribution in [3.8, 4) is 0 Å². The quantitative estimate of drug-likeness (QED) is 0.825. The van der Waals surface area contributed by atoms with Crippen LogP contribution in [0.1, 0.15) is 29.8 Å². The summed E-state index contributed by atoms with van der Waals surface area (Å²) in [4.78, 5) is 13.7. The SMILES string of the molecule is [CH]c1cc(Br)cc(C(=O)N(CC)CC)c1. The van der Waals surface area contributed by atoms with Crippen LogP contribution in [0, 0.1) is 6.92 Å². The van der Waals surface area contributed by atoms with Gasteiger partial charge >= 0.3 is 0 Å². The van der Waals surface area contributed by atoms with Crippen LogP contribution < -0.4 is 0 Å². The predicted octanol–water partition coefficient (Wildman–Crippen LogP) is 2.99. The highest BCUT2D eigenvalue weighted by Crippen LogP contribution is 2.16. The first-order valence-corrected chi connectivity index (χ1v) is 5.73. The fourth-order valence-corrected chi connectivity index (χ4v) is 1.94. The second-order valence-electron chi connectivity index (χ2n) is 3.25. The molecular formula is C12H14BrNO. The number of carbonyl (C=O) groups excluding carboxylic acids is 1. The van der Waals surface area contributed by atoms with E-state index in [0.717, 1.165) is 4.47 Å². The van der Waals surface area contributed by atoms with E-state index in [1.54, 1.807) is 23.1 Å². The molecule has 0 saturated heterocycles. The third-order valence-electron chi connectivity index (χ3n) is 2.22. The van der Waals surface area contributed by atoms with Gasteiger partial charge in [0, 0.05) is 23.1 Å². The summed E-state index contributed by atoms with van der Waals surface area (Å²) in [5, 5.41) is 0.